The number of benzene rings is 1. The van der Waals surface area contributed by atoms with E-state index in [1.165, 1.54) is 0 Å². The lowest BCUT2D eigenvalue weighted by atomic mass is 10.1. The van der Waals surface area contributed by atoms with E-state index in [4.69, 9.17) is 9.84 Å². The predicted molar refractivity (Wildman–Crippen MR) is 73.2 cm³/mol. The Morgan fingerprint density at radius 2 is 2.32 bits per heavy atom. The average Bonchev–Trinajstić information content (AvgIpc) is 2.35. The molecule has 1 unspecified atom stereocenters. The maximum absolute atomic E-state index is 12.2. The lowest BCUT2D eigenvalue weighted by Crippen LogP contribution is -2.48. The van der Waals surface area contributed by atoms with Gasteiger partial charge in [0, 0.05) is 16.7 Å². The molecule has 1 atom stereocenters. The molecule has 1 N–H and O–H groups in total. The Balaban J connectivity index is 2.21. The summed E-state index contributed by atoms with van der Waals surface area (Å²) in [6.45, 7) is 2.72. The molecule has 1 heterocycles. The lowest BCUT2D eigenvalue weighted by Gasteiger charge is -2.32. The fraction of sp³-hybridized carbons (Fsp3) is 0.385. The highest BCUT2D eigenvalue weighted by Crippen LogP contribution is 2.25. The highest BCUT2D eigenvalue weighted by atomic mass is 79.9. The molecule has 1 saturated heterocycles. The van der Waals surface area contributed by atoms with Crippen molar-refractivity contribution in [2.45, 2.75) is 19.4 Å². The molecule has 1 aromatic carbocycles. The first-order chi connectivity index (χ1) is 8.99. The molecule has 0 aliphatic carbocycles. The molecule has 102 valence electrons. The number of halogens is 1. The van der Waals surface area contributed by atoms with E-state index < -0.39 is 12.1 Å². The van der Waals surface area contributed by atoms with E-state index in [0.29, 0.717) is 13.2 Å². The van der Waals surface area contributed by atoms with E-state index in [0.717, 1.165) is 15.7 Å². The molecule has 1 aliphatic heterocycles. The van der Waals surface area contributed by atoms with Crippen molar-refractivity contribution in [1.29, 1.82) is 0 Å². The summed E-state index contributed by atoms with van der Waals surface area (Å²) in [6, 6.07) is 5.60. The summed E-state index contributed by atoms with van der Waals surface area (Å²) in [4.78, 5) is 24.5. The molecule has 1 amide bonds. The SMILES string of the molecule is Cc1cc(N2CCOC(CC(=O)O)C2=O)ccc1Br. The molecule has 2 rings (SSSR count). The van der Waals surface area contributed by atoms with Crippen LogP contribution in [0.5, 0.6) is 0 Å². The standard InChI is InChI=1S/C13H14BrNO4/c1-8-6-9(2-3-10(8)14)15-4-5-19-11(13(15)18)7-12(16)17/h2-3,6,11H,4-5,7H2,1H3,(H,16,17). The molecule has 1 aliphatic rings. The minimum Gasteiger partial charge on any atom is -0.481 e. The number of carbonyl (C=O) groups excluding carboxylic acids is 1. The number of hydrogen-bond donors (Lipinski definition) is 1. The summed E-state index contributed by atoms with van der Waals surface area (Å²) in [5.74, 6) is -1.33. The molecule has 5 nitrogen and oxygen atoms in total. The molecule has 1 fully saturated rings. The molecule has 6 heteroatoms. The average molecular weight is 328 g/mol. The van der Waals surface area contributed by atoms with E-state index in [1.54, 1.807) is 4.90 Å². The molecule has 0 radical (unpaired) electrons. The Morgan fingerprint density at radius 3 is 2.95 bits per heavy atom. The number of amides is 1. The number of carboxylic acid groups (broad SMARTS) is 1. The summed E-state index contributed by atoms with van der Waals surface area (Å²) in [7, 11) is 0. The second-order valence-electron chi connectivity index (χ2n) is 4.38. The molecule has 19 heavy (non-hydrogen) atoms. The van der Waals surface area contributed by atoms with Gasteiger partial charge in [-0.3, -0.25) is 9.59 Å². The van der Waals surface area contributed by atoms with Crippen molar-refractivity contribution in [2.75, 3.05) is 18.1 Å². The van der Waals surface area contributed by atoms with Crippen LogP contribution in [0.25, 0.3) is 0 Å². The van der Waals surface area contributed by atoms with Gasteiger partial charge in [-0.1, -0.05) is 15.9 Å². The van der Waals surface area contributed by atoms with Crippen LogP contribution in [0, 0.1) is 6.92 Å². The van der Waals surface area contributed by atoms with Crippen LogP contribution >= 0.6 is 15.9 Å². The van der Waals surface area contributed by atoms with Gasteiger partial charge >= 0.3 is 5.97 Å². The topological polar surface area (TPSA) is 66.8 Å². The predicted octanol–water partition coefficient (Wildman–Crippen LogP) is 1.96. The zero-order valence-electron chi connectivity index (χ0n) is 10.4. The maximum atomic E-state index is 12.2. The summed E-state index contributed by atoms with van der Waals surface area (Å²) in [5.41, 5.74) is 1.79. The Morgan fingerprint density at radius 1 is 1.58 bits per heavy atom. The van der Waals surface area contributed by atoms with Gasteiger partial charge in [0.05, 0.1) is 13.0 Å². The quantitative estimate of drug-likeness (QED) is 0.921. The van der Waals surface area contributed by atoms with Gasteiger partial charge in [0.25, 0.3) is 5.91 Å². The number of carboxylic acids is 1. The smallest absolute Gasteiger partial charge is 0.306 e. The van der Waals surface area contributed by atoms with Gasteiger partial charge in [-0.25, -0.2) is 0 Å². The van der Waals surface area contributed by atoms with Crippen LogP contribution < -0.4 is 4.90 Å². The molecular weight excluding hydrogens is 314 g/mol. The number of anilines is 1. The van der Waals surface area contributed by atoms with Gasteiger partial charge in [-0.15, -0.1) is 0 Å². The fourth-order valence-electron chi connectivity index (χ4n) is 2.00. The fourth-order valence-corrected chi connectivity index (χ4v) is 2.25. The summed E-state index contributed by atoms with van der Waals surface area (Å²) >= 11 is 3.41. The van der Waals surface area contributed by atoms with Crippen molar-refractivity contribution >= 4 is 33.5 Å². The van der Waals surface area contributed by atoms with Crippen LogP contribution in [0.1, 0.15) is 12.0 Å². The van der Waals surface area contributed by atoms with Gasteiger partial charge in [0.15, 0.2) is 0 Å². The van der Waals surface area contributed by atoms with Gasteiger partial charge in [0.1, 0.15) is 6.10 Å². The molecule has 0 aromatic heterocycles. The van der Waals surface area contributed by atoms with E-state index >= 15 is 0 Å². The van der Waals surface area contributed by atoms with Crippen molar-refractivity contribution < 1.29 is 19.4 Å². The Bertz CT molecular complexity index is 517. The van der Waals surface area contributed by atoms with Gasteiger partial charge in [-0.05, 0) is 30.7 Å². The van der Waals surface area contributed by atoms with Gasteiger partial charge < -0.3 is 14.7 Å². The van der Waals surface area contributed by atoms with E-state index in [9.17, 15) is 9.59 Å². The largest absolute Gasteiger partial charge is 0.481 e. The molecule has 1 aromatic rings. The minimum absolute atomic E-state index is 0.296. The Kier molecular flexibility index (Phi) is 4.21. The second kappa shape index (κ2) is 5.71. The summed E-state index contributed by atoms with van der Waals surface area (Å²) in [5, 5.41) is 8.76. The number of hydrogen-bond acceptors (Lipinski definition) is 3. The third-order valence-corrected chi connectivity index (χ3v) is 3.88. The van der Waals surface area contributed by atoms with Crippen molar-refractivity contribution in [3.05, 3.63) is 28.2 Å². The number of nitrogens with zero attached hydrogens (tertiary/aromatic N) is 1. The first-order valence-electron chi connectivity index (χ1n) is 5.90. The number of rotatable bonds is 3. The van der Waals surface area contributed by atoms with Crippen LogP contribution in [0.2, 0.25) is 0 Å². The zero-order chi connectivity index (χ0) is 14.0. The first kappa shape index (κ1) is 14.0. The van der Waals surface area contributed by atoms with Crippen molar-refractivity contribution in [2.24, 2.45) is 0 Å². The molecule has 0 spiro atoms. The second-order valence-corrected chi connectivity index (χ2v) is 5.23. The van der Waals surface area contributed by atoms with Crippen LogP contribution in [-0.2, 0) is 14.3 Å². The van der Waals surface area contributed by atoms with Gasteiger partial charge in [-0.2, -0.15) is 0 Å². The van der Waals surface area contributed by atoms with E-state index in [2.05, 4.69) is 15.9 Å². The van der Waals surface area contributed by atoms with Crippen LogP contribution in [0.15, 0.2) is 22.7 Å². The number of morpholine rings is 1. The Labute approximate surface area is 119 Å². The first-order valence-corrected chi connectivity index (χ1v) is 6.69. The maximum Gasteiger partial charge on any atom is 0.306 e. The van der Waals surface area contributed by atoms with Gasteiger partial charge in [0.2, 0.25) is 0 Å². The third-order valence-electron chi connectivity index (χ3n) is 2.99. The van der Waals surface area contributed by atoms with E-state index in [-0.39, 0.29) is 12.3 Å². The molecular formula is C13H14BrNO4. The summed E-state index contributed by atoms with van der Waals surface area (Å²) < 4.78 is 6.20. The third kappa shape index (κ3) is 3.13. The lowest BCUT2D eigenvalue weighted by molar-refractivity contribution is -0.147. The number of aryl methyl sites for hydroxylation is 1. The zero-order valence-corrected chi connectivity index (χ0v) is 12.0. The number of aliphatic carboxylic acids is 1. The summed E-state index contributed by atoms with van der Waals surface area (Å²) in [6.07, 6.45) is -1.19. The minimum atomic E-state index is -1.04. The number of carbonyl (C=O) groups is 2. The highest BCUT2D eigenvalue weighted by molar-refractivity contribution is 9.10. The van der Waals surface area contributed by atoms with E-state index in [1.807, 2.05) is 25.1 Å². The van der Waals surface area contributed by atoms with Crippen LogP contribution in [-0.4, -0.2) is 36.2 Å². The Hall–Kier alpha value is -1.40. The number of ether oxygens (including phenoxy) is 1. The van der Waals surface area contributed by atoms with Crippen LogP contribution in [0.4, 0.5) is 5.69 Å². The highest BCUT2D eigenvalue weighted by Gasteiger charge is 2.32. The molecule has 0 bridgehead atoms. The van der Waals surface area contributed by atoms with Crippen molar-refractivity contribution in [1.82, 2.24) is 0 Å². The van der Waals surface area contributed by atoms with Crippen molar-refractivity contribution in [3.8, 4) is 0 Å². The van der Waals surface area contributed by atoms with Crippen molar-refractivity contribution in [3.63, 3.8) is 0 Å². The normalized spacial score (nSPS) is 19.6. The van der Waals surface area contributed by atoms with Crippen LogP contribution in [0.3, 0.4) is 0 Å². The molecule has 0 saturated carbocycles. The monoisotopic (exact) mass is 327 g/mol.